The highest BCUT2D eigenvalue weighted by molar-refractivity contribution is 5.95. The molecule has 1 fully saturated rings. The lowest BCUT2D eigenvalue weighted by Crippen LogP contribution is -2.37. The highest BCUT2D eigenvalue weighted by Gasteiger charge is 2.22. The van der Waals surface area contributed by atoms with Gasteiger partial charge in [0.25, 0.3) is 11.6 Å². The monoisotopic (exact) mass is 306 g/mol. The second kappa shape index (κ2) is 7.35. The Balaban J connectivity index is 1.94. The van der Waals surface area contributed by atoms with E-state index in [4.69, 9.17) is 0 Å². The molecule has 6 heteroatoms. The van der Waals surface area contributed by atoms with Gasteiger partial charge in [-0.05, 0) is 31.7 Å². The van der Waals surface area contributed by atoms with Crippen LogP contribution in [0.3, 0.4) is 0 Å². The summed E-state index contributed by atoms with van der Waals surface area (Å²) in [6.45, 7) is 1.82. The number of hydrogen-bond acceptors (Lipinski definition) is 4. The van der Waals surface area contributed by atoms with Gasteiger partial charge in [0, 0.05) is 23.7 Å². The molecule has 1 aliphatic carbocycles. The first-order valence-electron chi connectivity index (χ1n) is 7.70. The molecule has 1 amide bonds. The van der Waals surface area contributed by atoms with Crippen molar-refractivity contribution in [1.82, 2.24) is 5.32 Å². The molecule has 2 N–H and O–H groups in total. The normalized spacial score (nSPS) is 17.0. The summed E-state index contributed by atoms with van der Waals surface area (Å²) in [5.74, 6) is -0.153. The molecule has 0 spiro atoms. The molecule has 0 heterocycles. The lowest BCUT2D eigenvalue weighted by atomic mass is 9.85. The lowest BCUT2D eigenvalue weighted by molar-refractivity contribution is -0.385. The fourth-order valence-electron chi connectivity index (χ4n) is 2.93. The number of benzene rings is 1. The fraction of sp³-hybridized carbons (Fsp3) is 0.562. The minimum atomic E-state index is -0.551. The summed E-state index contributed by atoms with van der Waals surface area (Å²) >= 11 is 0. The van der Waals surface area contributed by atoms with E-state index in [1.54, 1.807) is 19.1 Å². The number of aryl methyl sites for hydroxylation is 1. The van der Waals surface area contributed by atoms with E-state index < -0.39 is 16.9 Å². The summed E-state index contributed by atoms with van der Waals surface area (Å²) in [5, 5.41) is 23.7. The predicted molar refractivity (Wildman–Crippen MR) is 82.7 cm³/mol. The summed E-state index contributed by atoms with van der Waals surface area (Å²) in [7, 11) is 0. The van der Waals surface area contributed by atoms with Gasteiger partial charge >= 0.3 is 0 Å². The van der Waals surface area contributed by atoms with E-state index in [-0.39, 0.29) is 23.7 Å². The number of nitrogens with zero attached hydrogens (tertiary/aromatic N) is 1. The van der Waals surface area contributed by atoms with Crippen molar-refractivity contribution in [3.05, 3.63) is 39.4 Å². The number of hydrogen-bond donors (Lipinski definition) is 2. The van der Waals surface area contributed by atoms with Crippen molar-refractivity contribution in [2.24, 2.45) is 5.92 Å². The third-order valence-electron chi connectivity index (χ3n) is 4.33. The maximum absolute atomic E-state index is 12.1. The first-order chi connectivity index (χ1) is 10.5. The molecule has 1 unspecified atom stereocenters. The molecule has 0 aliphatic heterocycles. The van der Waals surface area contributed by atoms with Crippen LogP contribution in [0.4, 0.5) is 5.69 Å². The summed E-state index contributed by atoms with van der Waals surface area (Å²) in [5.41, 5.74) is 0.692. The van der Waals surface area contributed by atoms with Crippen LogP contribution in [0.1, 0.15) is 48.0 Å². The van der Waals surface area contributed by atoms with Crippen LogP contribution >= 0.6 is 0 Å². The number of aliphatic hydroxyl groups excluding tert-OH is 1. The van der Waals surface area contributed by atoms with E-state index in [1.807, 2.05) is 0 Å². The molecule has 6 nitrogen and oxygen atoms in total. The van der Waals surface area contributed by atoms with Crippen LogP contribution in [0.15, 0.2) is 18.2 Å². The van der Waals surface area contributed by atoms with Crippen molar-refractivity contribution in [3.63, 3.8) is 0 Å². The lowest BCUT2D eigenvalue weighted by Gasteiger charge is -2.26. The average molecular weight is 306 g/mol. The average Bonchev–Trinajstić information content (AvgIpc) is 2.53. The van der Waals surface area contributed by atoms with E-state index in [9.17, 15) is 20.0 Å². The Morgan fingerprint density at radius 1 is 1.41 bits per heavy atom. The molecule has 120 valence electrons. The molecule has 1 saturated carbocycles. The number of carbonyl (C=O) groups excluding carboxylic acids is 1. The Labute approximate surface area is 129 Å². The molecule has 2 rings (SSSR count). The number of nitro benzene ring substituents is 1. The van der Waals surface area contributed by atoms with E-state index in [1.165, 1.54) is 12.5 Å². The Kier molecular flexibility index (Phi) is 5.49. The van der Waals surface area contributed by atoms with Gasteiger partial charge in [-0.3, -0.25) is 14.9 Å². The number of rotatable bonds is 5. The molecule has 22 heavy (non-hydrogen) atoms. The molecule has 1 aliphatic rings. The van der Waals surface area contributed by atoms with Crippen LogP contribution in [0.25, 0.3) is 0 Å². The fourth-order valence-corrected chi connectivity index (χ4v) is 2.93. The molecular weight excluding hydrogens is 284 g/mol. The zero-order chi connectivity index (χ0) is 16.1. The van der Waals surface area contributed by atoms with Gasteiger partial charge in [-0.1, -0.05) is 25.3 Å². The first kappa shape index (κ1) is 16.4. The van der Waals surface area contributed by atoms with Gasteiger partial charge in [-0.15, -0.1) is 0 Å². The van der Waals surface area contributed by atoms with Crippen molar-refractivity contribution in [2.75, 3.05) is 6.54 Å². The summed E-state index contributed by atoms with van der Waals surface area (Å²) < 4.78 is 0. The number of aliphatic hydroxyl groups is 1. The summed E-state index contributed by atoms with van der Waals surface area (Å²) in [6, 6.07) is 4.40. The van der Waals surface area contributed by atoms with Gasteiger partial charge in [0.2, 0.25) is 0 Å². The van der Waals surface area contributed by atoms with Crippen molar-refractivity contribution in [3.8, 4) is 0 Å². The highest BCUT2D eigenvalue weighted by atomic mass is 16.6. The van der Waals surface area contributed by atoms with Crippen molar-refractivity contribution in [1.29, 1.82) is 0 Å². The summed E-state index contributed by atoms with van der Waals surface area (Å²) in [6.07, 6.45) is 4.90. The Morgan fingerprint density at radius 3 is 2.73 bits per heavy atom. The van der Waals surface area contributed by atoms with Crippen LogP contribution in [0.5, 0.6) is 0 Å². The maximum Gasteiger partial charge on any atom is 0.273 e. The van der Waals surface area contributed by atoms with Crippen LogP contribution in [-0.4, -0.2) is 28.6 Å². The van der Waals surface area contributed by atoms with Crippen LogP contribution in [-0.2, 0) is 0 Å². The SMILES string of the molecule is Cc1ccc(C(=O)NCC(O)C2CCCCC2)cc1[N+](=O)[O-]. The maximum atomic E-state index is 12.1. The molecule has 0 radical (unpaired) electrons. The highest BCUT2D eigenvalue weighted by Crippen LogP contribution is 2.26. The topological polar surface area (TPSA) is 92.5 Å². The number of amides is 1. The van der Waals surface area contributed by atoms with Crippen LogP contribution in [0, 0.1) is 23.0 Å². The summed E-state index contributed by atoms with van der Waals surface area (Å²) in [4.78, 5) is 22.5. The Morgan fingerprint density at radius 2 is 2.09 bits per heavy atom. The minimum Gasteiger partial charge on any atom is -0.391 e. The van der Waals surface area contributed by atoms with Crippen molar-refractivity contribution in [2.45, 2.75) is 45.1 Å². The van der Waals surface area contributed by atoms with Gasteiger partial charge in [-0.25, -0.2) is 0 Å². The van der Waals surface area contributed by atoms with Gasteiger partial charge in [0.05, 0.1) is 11.0 Å². The van der Waals surface area contributed by atoms with E-state index in [2.05, 4.69) is 5.32 Å². The quantitative estimate of drug-likeness (QED) is 0.646. The third kappa shape index (κ3) is 4.04. The van der Waals surface area contributed by atoms with Crippen molar-refractivity contribution >= 4 is 11.6 Å². The van der Waals surface area contributed by atoms with E-state index in [0.29, 0.717) is 5.56 Å². The smallest absolute Gasteiger partial charge is 0.273 e. The molecule has 1 atom stereocenters. The Hall–Kier alpha value is -1.95. The zero-order valence-electron chi connectivity index (χ0n) is 12.7. The molecule has 0 aromatic heterocycles. The largest absolute Gasteiger partial charge is 0.391 e. The van der Waals surface area contributed by atoms with E-state index in [0.717, 1.165) is 25.7 Å². The molecule has 0 saturated heterocycles. The van der Waals surface area contributed by atoms with Crippen LogP contribution < -0.4 is 5.32 Å². The van der Waals surface area contributed by atoms with Crippen LogP contribution in [0.2, 0.25) is 0 Å². The number of nitrogens with one attached hydrogen (secondary N) is 1. The van der Waals surface area contributed by atoms with Gasteiger partial charge in [0.1, 0.15) is 0 Å². The molecular formula is C16H22N2O4. The second-order valence-electron chi connectivity index (χ2n) is 5.93. The first-order valence-corrected chi connectivity index (χ1v) is 7.70. The second-order valence-corrected chi connectivity index (χ2v) is 5.93. The van der Waals surface area contributed by atoms with E-state index >= 15 is 0 Å². The van der Waals surface area contributed by atoms with Gasteiger partial charge < -0.3 is 10.4 Å². The predicted octanol–water partition coefficient (Wildman–Crippen LogP) is 2.57. The van der Waals surface area contributed by atoms with Gasteiger partial charge in [-0.2, -0.15) is 0 Å². The molecule has 1 aromatic carbocycles. The minimum absolute atomic E-state index is 0.0690. The number of carbonyl (C=O) groups is 1. The Bertz CT molecular complexity index is 553. The molecule has 0 bridgehead atoms. The number of nitro groups is 1. The zero-order valence-corrected chi connectivity index (χ0v) is 12.7. The third-order valence-corrected chi connectivity index (χ3v) is 4.33. The van der Waals surface area contributed by atoms with Gasteiger partial charge in [0.15, 0.2) is 0 Å². The molecule has 1 aromatic rings. The standard InChI is InChI=1S/C16H22N2O4/c1-11-7-8-13(9-14(11)18(21)22)16(20)17-10-15(19)12-5-3-2-4-6-12/h7-9,12,15,19H,2-6,10H2,1H3,(H,17,20). The van der Waals surface area contributed by atoms with Crippen molar-refractivity contribution < 1.29 is 14.8 Å².